The molecule has 2 atom stereocenters. The van der Waals surface area contributed by atoms with Gasteiger partial charge in [0.05, 0.1) is 5.56 Å². The Morgan fingerprint density at radius 3 is 2.18 bits per heavy atom. The molecule has 0 aromatic heterocycles. The molecule has 0 amide bonds. The van der Waals surface area contributed by atoms with Crippen LogP contribution in [0.15, 0.2) is 24.3 Å². The van der Waals surface area contributed by atoms with Crippen LogP contribution in [0.1, 0.15) is 35.7 Å². The van der Waals surface area contributed by atoms with Gasteiger partial charge in [-0.1, -0.05) is 26.0 Å². The third-order valence-corrected chi connectivity index (χ3v) is 3.70. The second-order valence-corrected chi connectivity index (χ2v) is 5.07. The van der Waals surface area contributed by atoms with E-state index >= 15 is 0 Å². The minimum absolute atomic E-state index is 0.364. The Morgan fingerprint density at radius 1 is 1.18 bits per heavy atom. The number of hydrogen-bond donors (Lipinski definition) is 2. The maximum Gasteiger partial charge on any atom is 0.335 e. The second kappa shape index (κ2) is 4.88. The fourth-order valence-corrected chi connectivity index (χ4v) is 2.86. The molecule has 2 rings (SSSR count). The summed E-state index contributed by atoms with van der Waals surface area (Å²) in [6.45, 7) is 6.57. The van der Waals surface area contributed by atoms with Crippen LogP contribution in [-0.2, 0) is 0 Å². The van der Waals surface area contributed by atoms with Gasteiger partial charge in [-0.3, -0.25) is 0 Å². The molecule has 1 aromatic carbocycles. The van der Waals surface area contributed by atoms with Crippen molar-refractivity contribution in [2.45, 2.75) is 19.8 Å². The Hall–Kier alpha value is -1.35. The highest BCUT2D eigenvalue weighted by Gasteiger charge is 2.28. The molecule has 0 aliphatic carbocycles. The van der Waals surface area contributed by atoms with Gasteiger partial charge in [-0.2, -0.15) is 0 Å². The van der Waals surface area contributed by atoms with Crippen LogP contribution in [0, 0.1) is 11.8 Å². The van der Waals surface area contributed by atoms with Crippen LogP contribution in [-0.4, -0.2) is 24.2 Å². The lowest BCUT2D eigenvalue weighted by molar-refractivity contribution is 0.0697. The highest BCUT2D eigenvalue weighted by Crippen LogP contribution is 2.34. The number of carboxylic acids is 1. The number of piperidine rings is 1. The van der Waals surface area contributed by atoms with E-state index in [-0.39, 0.29) is 0 Å². The fraction of sp³-hybridized carbons (Fsp3) is 0.500. The van der Waals surface area contributed by atoms with Gasteiger partial charge in [0.1, 0.15) is 0 Å². The summed E-state index contributed by atoms with van der Waals surface area (Å²) in [7, 11) is 0. The lowest BCUT2D eigenvalue weighted by atomic mass is 9.76. The SMILES string of the molecule is CC1CNCC(C)C1c1ccc(C(=O)O)cc1. The average molecular weight is 233 g/mol. The van der Waals surface area contributed by atoms with Gasteiger partial charge < -0.3 is 10.4 Å². The second-order valence-electron chi connectivity index (χ2n) is 5.07. The Kier molecular flexibility index (Phi) is 3.48. The van der Waals surface area contributed by atoms with Crippen molar-refractivity contribution in [2.75, 3.05) is 13.1 Å². The molecule has 92 valence electrons. The van der Waals surface area contributed by atoms with Crippen molar-refractivity contribution in [3.8, 4) is 0 Å². The number of rotatable bonds is 2. The maximum atomic E-state index is 10.8. The Bertz CT molecular complexity index is 389. The first kappa shape index (κ1) is 12.1. The van der Waals surface area contributed by atoms with Crippen LogP contribution in [0.4, 0.5) is 0 Å². The monoisotopic (exact) mass is 233 g/mol. The van der Waals surface area contributed by atoms with E-state index in [2.05, 4.69) is 19.2 Å². The van der Waals surface area contributed by atoms with Crippen molar-refractivity contribution in [3.05, 3.63) is 35.4 Å². The number of carbonyl (C=O) groups is 1. The molecule has 3 nitrogen and oxygen atoms in total. The largest absolute Gasteiger partial charge is 0.478 e. The molecule has 2 N–H and O–H groups in total. The molecule has 2 unspecified atom stereocenters. The summed E-state index contributed by atoms with van der Waals surface area (Å²) in [4.78, 5) is 10.8. The first-order chi connectivity index (χ1) is 8.09. The lowest BCUT2D eigenvalue weighted by Gasteiger charge is -2.35. The lowest BCUT2D eigenvalue weighted by Crippen LogP contribution is -2.39. The summed E-state index contributed by atoms with van der Waals surface area (Å²) >= 11 is 0. The average Bonchev–Trinajstić information content (AvgIpc) is 2.29. The number of nitrogens with one attached hydrogen (secondary N) is 1. The molecule has 17 heavy (non-hydrogen) atoms. The van der Waals surface area contributed by atoms with E-state index < -0.39 is 5.97 Å². The zero-order chi connectivity index (χ0) is 12.4. The zero-order valence-electron chi connectivity index (χ0n) is 10.3. The summed E-state index contributed by atoms with van der Waals surface area (Å²) < 4.78 is 0. The third kappa shape index (κ3) is 2.50. The molecule has 1 aliphatic heterocycles. The van der Waals surface area contributed by atoms with Crippen molar-refractivity contribution in [1.29, 1.82) is 0 Å². The highest BCUT2D eigenvalue weighted by molar-refractivity contribution is 5.87. The van der Waals surface area contributed by atoms with Gasteiger partial charge in [-0.25, -0.2) is 4.79 Å². The highest BCUT2D eigenvalue weighted by atomic mass is 16.4. The third-order valence-electron chi connectivity index (χ3n) is 3.70. The van der Waals surface area contributed by atoms with Crippen molar-refractivity contribution >= 4 is 5.97 Å². The van der Waals surface area contributed by atoms with E-state index in [1.54, 1.807) is 12.1 Å². The van der Waals surface area contributed by atoms with Crippen LogP contribution < -0.4 is 5.32 Å². The molecule has 0 spiro atoms. The molecule has 1 aliphatic rings. The summed E-state index contributed by atoms with van der Waals surface area (Å²) in [5, 5.41) is 12.3. The van der Waals surface area contributed by atoms with E-state index in [0.29, 0.717) is 23.3 Å². The first-order valence-electron chi connectivity index (χ1n) is 6.13. The molecule has 1 heterocycles. The van der Waals surface area contributed by atoms with Gasteiger partial charge in [0.15, 0.2) is 0 Å². The molecule has 0 saturated carbocycles. The Labute approximate surface area is 102 Å². The summed E-state index contributed by atoms with van der Waals surface area (Å²) in [5.74, 6) is 0.853. The van der Waals surface area contributed by atoms with Crippen LogP contribution in [0.5, 0.6) is 0 Å². The molecule has 1 saturated heterocycles. The minimum atomic E-state index is -0.858. The standard InChI is InChI=1S/C14H19NO2/c1-9-7-15-8-10(2)13(9)11-3-5-12(6-4-11)14(16)17/h3-6,9-10,13,15H,7-8H2,1-2H3,(H,16,17). The van der Waals surface area contributed by atoms with Gasteiger partial charge in [-0.15, -0.1) is 0 Å². The Morgan fingerprint density at radius 2 is 1.71 bits per heavy atom. The van der Waals surface area contributed by atoms with Crippen molar-refractivity contribution < 1.29 is 9.90 Å². The van der Waals surface area contributed by atoms with E-state index in [1.807, 2.05) is 12.1 Å². The number of benzene rings is 1. The van der Waals surface area contributed by atoms with Gasteiger partial charge in [0.2, 0.25) is 0 Å². The zero-order valence-corrected chi connectivity index (χ0v) is 10.3. The molecular formula is C14H19NO2. The topological polar surface area (TPSA) is 49.3 Å². The van der Waals surface area contributed by atoms with E-state index in [0.717, 1.165) is 13.1 Å². The smallest absolute Gasteiger partial charge is 0.335 e. The fourth-order valence-electron chi connectivity index (χ4n) is 2.86. The van der Waals surface area contributed by atoms with Crippen molar-refractivity contribution in [3.63, 3.8) is 0 Å². The number of aromatic carboxylic acids is 1. The predicted molar refractivity (Wildman–Crippen MR) is 67.3 cm³/mol. The van der Waals surface area contributed by atoms with E-state index in [9.17, 15) is 4.79 Å². The van der Waals surface area contributed by atoms with Gasteiger partial charge in [0, 0.05) is 0 Å². The van der Waals surface area contributed by atoms with Crippen LogP contribution >= 0.6 is 0 Å². The summed E-state index contributed by atoms with van der Waals surface area (Å²) in [5.41, 5.74) is 1.62. The quantitative estimate of drug-likeness (QED) is 0.824. The van der Waals surface area contributed by atoms with Crippen molar-refractivity contribution in [1.82, 2.24) is 5.32 Å². The maximum absolute atomic E-state index is 10.8. The van der Waals surface area contributed by atoms with Gasteiger partial charge in [-0.05, 0) is 48.5 Å². The van der Waals surface area contributed by atoms with Crippen LogP contribution in [0.25, 0.3) is 0 Å². The number of hydrogen-bond acceptors (Lipinski definition) is 2. The minimum Gasteiger partial charge on any atom is -0.478 e. The molecular weight excluding hydrogens is 214 g/mol. The van der Waals surface area contributed by atoms with Crippen molar-refractivity contribution in [2.24, 2.45) is 11.8 Å². The summed E-state index contributed by atoms with van der Waals surface area (Å²) in [6.07, 6.45) is 0. The van der Waals surface area contributed by atoms with E-state index in [1.165, 1.54) is 5.56 Å². The molecule has 0 bridgehead atoms. The van der Waals surface area contributed by atoms with Crippen LogP contribution in [0.2, 0.25) is 0 Å². The first-order valence-corrected chi connectivity index (χ1v) is 6.13. The molecule has 0 radical (unpaired) electrons. The van der Waals surface area contributed by atoms with Gasteiger partial charge >= 0.3 is 5.97 Å². The van der Waals surface area contributed by atoms with E-state index in [4.69, 9.17) is 5.11 Å². The Balaban J connectivity index is 2.23. The normalized spacial score (nSPS) is 28.9. The molecule has 1 fully saturated rings. The predicted octanol–water partition coefficient (Wildman–Crippen LogP) is 2.34. The van der Waals surface area contributed by atoms with Crippen LogP contribution in [0.3, 0.4) is 0 Å². The molecule has 3 heteroatoms. The summed E-state index contributed by atoms with van der Waals surface area (Å²) in [6, 6.07) is 7.34. The molecule has 1 aromatic rings. The number of carboxylic acid groups (broad SMARTS) is 1. The van der Waals surface area contributed by atoms with Gasteiger partial charge in [0.25, 0.3) is 0 Å².